The lowest BCUT2D eigenvalue weighted by atomic mass is 9.69. The van der Waals surface area contributed by atoms with Crippen LogP contribution in [0.3, 0.4) is 0 Å². The van der Waals surface area contributed by atoms with Crippen LogP contribution in [0.1, 0.15) is 18.9 Å². The third-order valence-electron chi connectivity index (χ3n) is 5.75. The maximum Gasteiger partial charge on any atom is 0.283 e. The van der Waals surface area contributed by atoms with Crippen LogP contribution < -0.4 is 10.5 Å². The Kier molecular flexibility index (Phi) is 3.81. The molecule has 2 unspecified atom stereocenters. The Hall–Kier alpha value is -2.31. The van der Waals surface area contributed by atoms with Crippen molar-refractivity contribution in [2.24, 2.45) is 16.6 Å². The molecule has 3 aliphatic heterocycles. The number of aromatic nitrogens is 1. The van der Waals surface area contributed by atoms with Gasteiger partial charge in [0.1, 0.15) is 24.0 Å². The molecule has 0 saturated carbocycles. The Morgan fingerprint density at radius 3 is 2.89 bits per heavy atom. The van der Waals surface area contributed by atoms with Gasteiger partial charge in [-0.3, -0.25) is 4.98 Å². The summed E-state index contributed by atoms with van der Waals surface area (Å²) in [6.45, 7) is 3.14. The molecule has 7 heteroatoms. The number of ether oxygens (including phenoxy) is 3. The largest absolute Gasteiger partial charge is 0.489 e. The molecule has 0 amide bonds. The van der Waals surface area contributed by atoms with Gasteiger partial charge in [-0.05, 0) is 30.7 Å². The van der Waals surface area contributed by atoms with Crippen LogP contribution in [0.2, 0.25) is 5.02 Å². The van der Waals surface area contributed by atoms with Gasteiger partial charge in [0.2, 0.25) is 0 Å². The summed E-state index contributed by atoms with van der Waals surface area (Å²) in [7, 11) is 0. The van der Waals surface area contributed by atoms with Crippen molar-refractivity contribution in [2.75, 3.05) is 13.2 Å². The van der Waals surface area contributed by atoms with E-state index in [1.165, 1.54) is 0 Å². The molecule has 6 nitrogen and oxygen atoms in total. The van der Waals surface area contributed by atoms with Crippen LogP contribution in [-0.2, 0) is 15.0 Å². The second-order valence-electron chi connectivity index (χ2n) is 7.31. The van der Waals surface area contributed by atoms with E-state index < -0.39 is 5.54 Å². The molecule has 1 fully saturated rings. The van der Waals surface area contributed by atoms with Gasteiger partial charge in [0.25, 0.3) is 6.02 Å². The minimum atomic E-state index is -0.607. The van der Waals surface area contributed by atoms with E-state index in [0.29, 0.717) is 18.2 Å². The number of fused-ring (bicyclic) bond motifs is 4. The summed E-state index contributed by atoms with van der Waals surface area (Å²) in [5.74, 6) is 0.860. The smallest absolute Gasteiger partial charge is 0.283 e. The predicted octanol–water partition coefficient (Wildman–Crippen LogP) is 3.13. The SMILES string of the molecule is CC1OCC[C@H]2Oc3ccc(-c4cncc(Cl)c4)cc3[C@@]3(COC(N)=N3)C12. The molecular formula is C20H20ClN3O3. The Bertz CT molecular complexity index is 934. The predicted molar refractivity (Wildman–Crippen MR) is 102 cm³/mol. The second kappa shape index (κ2) is 6.11. The summed E-state index contributed by atoms with van der Waals surface area (Å²) in [4.78, 5) is 8.97. The number of amidine groups is 1. The van der Waals surface area contributed by atoms with Crippen LogP contribution in [0, 0.1) is 5.92 Å². The topological polar surface area (TPSA) is 79.0 Å². The van der Waals surface area contributed by atoms with Crippen molar-refractivity contribution < 1.29 is 14.2 Å². The lowest BCUT2D eigenvalue weighted by molar-refractivity contribution is -0.116. The van der Waals surface area contributed by atoms with Crippen LogP contribution in [0.15, 0.2) is 41.7 Å². The van der Waals surface area contributed by atoms with Gasteiger partial charge in [-0.15, -0.1) is 0 Å². The zero-order chi connectivity index (χ0) is 18.6. The highest BCUT2D eigenvalue weighted by atomic mass is 35.5. The molecule has 2 aromatic rings. The summed E-state index contributed by atoms with van der Waals surface area (Å²) in [5.41, 5.74) is 8.25. The van der Waals surface area contributed by atoms with E-state index in [2.05, 4.69) is 18.0 Å². The molecule has 1 aromatic heterocycles. The van der Waals surface area contributed by atoms with Crippen LogP contribution in [0.25, 0.3) is 11.1 Å². The Balaban J connectivity index is 1.69. The minimum absolute atomic E-state index is 0.00774. The standard InChI is InChI=1S/C20H20ClN3O3/c1-11-18-17(4-5-25-11)27-16-3-2-12(13-6-14(21)9-23-8-13)7-15(16)20(18)10-26-19(22)24-20/h2-3,6-9,11,17-18H,4-5,10H2,1H3,(H2,22,24)/t11?,17-,18?,20+/m1/s1. The summed E-state index contributed by atoms with van der Waals surface area (Å²) in [5, 5.41) is 0.594. The summed E-state index contributed by atoms with van der Waals surface area (Å²) in [6.07, 6.45) is 4.26. The summed E-state index contributed by atoms with van der Waals surface area (Å²) < 4.78 is 17.9. The molecule has 1 saturated heterocycles. The van der Waals surface area contributed by atoms with E-state index in [1.807, 2.05) is 18.2 Å². The number of pyridine rings is 1. The highest BCUT2D eigenvalue weighted by molar-refractivity contribution is 6.30. The molecule has 0 radical (unpaired) electrons. The van der Waals surface area contributed by atoms with Crippen LogP contribution in [0.5, 0.6) is 5.75 Å². The average molecular weight is 386 g/mol. The molecule has 2 N–H and O–H groups in total. The number of halogens is 1. The van der Waals surface area contributed by atoms with Gasteiger partial charge in [0, 0.05) is 29.9 Å². The molecule has 27 heavy (non-hydrogen) atoms. The lowest BCUT2D eigenvalue weighted by Crippen LogP contribution is -2.56. The molecule has 5 rings (SSSR count). The summed E-state index contributed by atoms with van der Waals surface area (Å²) >= 11 is 6.13. The maximum atomic E-state index is 6.36. The van der Waals surface area contributed by atoms with Crippen molar-refractivity contribution in [2.45, 2.75) is 31.1 Å². The highest BCUT2D eigenvalue weighted by Crippen LogP contribution is 2.52. The van der Waals surface area contributed by atoms with Crippen molar-refractivity contribution in [3.8, 4) is 16.9 Å². The number of hydrogen-bond acceptors (Lipinski definition) is 6. The normalized spacial score (nSPS) is 31.5. The highest BCUT2D eigenvalue weighted by Gasteiger charge is 2.57. The zero-order valence-corrected chi connectivity index (χ0v) is 15.6. The minimum Gasteiger partial charge on any atom is -0.489 e. The van der Waals surface area contributed by atoms with Crippen molar-refractivity contribution in [1.29, 1.82) is 0 Å². The van der Waals surface area contributed by atoms with Crippen molar-refractivity contribution in [3.63, 3.8) is 0 Å². The van der Waals surface area contributed by atoms with Crippen LogP contribution in [-0.4, -0.2) is 36.4 Å². The summed E-state index contributed by atoms with van der Waals surface area (Å²) in [6, 6.07) is 8.21. The molecular weight excluding hydrogens is 366 g/mol. The molecule has 4 atom stereocenters. The first-order valence-electron chi connectivity index (χ1n) is 9.09. The Morgan fingerprint density at radius 2 is 2.11 bits per heavy atom. The van der Waals surface area contributed by atoms with Gasteiger partial charge in [-0.25, -0.2) is 4.99 Å². The first-order valence-corrected chi connectivity index (χ1v) is 9.46. The fourth-order valence-corrected chi connectivity index (χ4v) is 4.77. The number of aliphatic imine (C=N–C) groups is 1. The van der Waals surface area contributed by atoms with E-state index >= 15 is 0 Å². The van der Waals surface area contributed by atoms with Gasteiger partial charge in [-0.2, -0.15) is 0 Å². The molecule has 0 aliphatic carbocycles. The number of nitrogens with zero attached hydrogens (tertiary/aromatic N) is 2. The van der Waals surface area contributed by atoms with Crippen molar-refractivity contribution in [1.82, 2.24) is 4.98 Å². The van der Waals surface area contributed by atoms with Crippen molar-refractivity contribution >= 4 is 17.6 Å². The Labute approximate surface area is 162 Å². The monoisotopic (exact) mass is 385 g/mol. The van der Waals surface area contributed by atoms with E-state index in [-0.39, 0.29) is 24.1 Å². The molecule has 140 valence electrons. The third-order valence-corrected chi connectivity index (χ3v) is 5.96. The molecule has 4 heterocycles. The first kappa shape index (κ1) is 16.8. The number of hydrogen-bond donors (Lipinski definition) is 1. The molecule has 0 bridgehead atoms. The first-order chi connectivity index (χ1) is 13.1. The van der Waals surface area contributed by atoms with Crippen LogP contribution in [0.4, 0.5) is 0 Å². The lowest BCUT2D eigenvalue weighted by Gasteiger charge is -2.48. The Morgan fingerprint density at radius 1 is 1.22 bits per heavy atom. The van der Waals surface area contributed by atoms with E-state index in [4.69, 9.17) is 36.5 Å². The van der Waals surface area contributed by atoms with Crippen LogP contribution >= 0.6 is 11.6 Å². The molecule has 1 aromatic carbocycles. The van der Waals surface area contributed by atoms with Gasteiger partial charge >= 0.3 is 0 Å². The zero-order valence-electron chi connectivity index (χ0n) is 14.9. The van der Waals surface area contributed by atoms with Gasteiger partial charge in [0.05, 0.1) is 23.7 Å². The van der Waals surface area contributed by atoms with Gasteiger partial charge in [-0.1, -0.05) is 17.7 Å². The van der Waals surface area contributed by atoms with Gasteiger partial charge in [0.15, 0.2) is 0 Å². The number of rotatable bonds is 1. The van der Waals surface area contributed by atoms with Gasteiger partial charge < -0.3 is 19.9 Å². The fraction of sp³-hybridized carbons (Fsp3) is 0.400. The average Bonchev–Trinajstić information content (AvgIpc) is 3.04. The number of benzene rings is 1. The second-order valence-corrected chi connectivity index (χ2v) is 7.75. The van der Waals surface area contributed by atoms with E-state index in [1.54, 1.807) is 12.4 Å². The third kappa shape index (κ3) is 2.58. The van der Waals surface area contributed by atoms with E-state index in [0.717, 1.165) is 28.9 Å². The molecule has 3 aliphatic rings. The quantitative estimate of drug-likeness (QED) is 0.815. The van der Waals surface area contributed by atoms with E-state index in [9.17, 15) is 0 Å². The molecule has 1 spiro atoms. The van der Waals surface area contributed by atoms with Crippen molar-refractivity contribution in [3.05, 3.63) is 47.2 Å². The fourth-order valence-electron chi connectivity index (χ4n) is 4.60. The maximum absolute atomic E-state index is 6.36. The number of nitrogens with two attached hydrogens (primary N) is 1.